The Morgan fingerprint density at radius 1 is 1.24 bits per heavy atom. The van der Waals surface area contributed by atoms with E-state index in [2.05, 4.69) is 16.8 Å². The Morgan fingerprint density at radius 2 is 2.12 bits per heavy atom. The molecule has 0 aliphatic carbocycles. The third-order valence-electron chi connectivity index (χ3n) is 3.01. The molecule has 1 aromatic heterocycles. The Kier molecular flexibility index (Phi) is 4.15. The van der Waals surface area contributed by atoms with Gasteiger partial charge in [0, 0.05) is 18.1 Å². The Morgan fingerprint density at radius 3 is 2.94 bits per heavy atom. The number of hydrogen-bond acceptors (Lipinski definition) is 1. The Bertz CT molecular complexity index is 476. The van der Waals surface area contributed by atoms with Gasteiger partial charge in [0.2, 0.25) is 0 Å². The van der Waals surface area contributed by atoms with Crippen LogP contribution in [0.1, 0.15) is 19.8 Å². The molecule has 2 aromatic rings. The molecule has 0 atom stereocenters. The number of aryl methyl sites for hydroxylation is 1. The summed E-state index contributed by atoms with van der Waals surface area (Å²) in [4.78, 5) is 0. The first-order valence-corrected chi connectivity index (χ1v) is 6.27. The fourth-order valence-electron chi connectivity index (χ4n) is 2.09. The summed E-state index contributed by atoms with van der Waals surface area (Å²) in [5.41, 5.74) is 0.994. The second-order valence-electron chi connectivity index (χ2n) is 4.24. The van der Waals surface area contributed by atoms with Crippen LogP contribution in [-0.2, 0) is 6.54 Å². The number of benzene rings is 1. The van der Waals surface area contributed by atoms with Crippen LogP contribution in [0.15, 0.2) is 30.5 Å². The molecule has 1 N–H and O–H groups in total. The predicted molar refractivity (Wildman–Crippen MR) is 69.7 cm³/mol. The number of aromatic nitrogens is 1. The van der Waals surface area contributed by atoms with E-state index in [1.54, 1.807) is 6.07 Å². The summed E-state index contributed by atoms with van der Waals surface area (Å²) in [5.74, 6) is -0.131. The highest BCUT2D eigenvalue weighted by atomic mass is 19.1. The van der Waals surface area contributed by atoms with E-state index in [9.17, 15) is 4.39 Å². The van der Waals surface area contributed by atoms with Gasteiger partial charge in [-0.2, -0.15) is 0 Å². The van der Waals surface area contributed by atoms with Crippen LogP contribution in [0.25, 0.3) is 10.9 Å². The van der Waals surface area contributed by atoms with Gasteiger partial charge in [-0.1, -0.05) is 13.0 Å². The van der Waals surface area contributed by atoms with Gasteiger partial charge in [-0.05, 0) is 44.1 Å². The van der Waals surface area contributed by atoms with Crippen molar-refractivity contribution in [3.8, 4) is 0 Å². The zero-order valence-electron chi connectivity index (χ0n) is 10.2. The SMILES string of the molecule is CCNCCCCn1ccc2c(F)cccc21. The molecule has 0 saturated heterocycles. The van der Waals surface area contributed by atoms with Gasteiger partial charge in [0.1, 0.15) is 5.82 Å². The van der Waals surface area contributed by atoms with E-state index in [-0.39, 0.29) is 5.82 Å². The van der Waals surface area contributed by atoms with Crippen LogP contribution in [0.2, 0.25) is 0 Å². The second-order valence-corrected chi connectivity index (χ2v) is 4.24. The molecule has 2 rings (SSSR count). The number of hydrogen-bond donors (Lipinski definition) is 1. The lowest BCUT2D eigenvalue weighted by Crippen LogP contribution is -2.14. The lowest BCUT2D eigenvalue weighted by molar-refractivity contribution is 0.586. The molecule has 1 aromatic carbocycles. The van der Waals surface area contributed by atoms with Crippen LogP contribution in [0.3, 0.4) is 0 Å². The van der Waals surface area contributed by atoms with E-state index in [0.717, 1.165) is 43.4 Å². The van der Waals surface area contributed by atoms with Gasteiger partial charge >= 0.3 is 0 Å². The van der Waals surface area contributed by atoms with Gasteiger partial charge in [-0.3, -0.25) is 0 Å². The van der Waals surface area contributed by atoms with Crippen LogP contribution in [-0.4, -0.2) is 17.7 Å². The molecular formula is C14H19FN2. The number of nitrogens with one attached hydrogen (secondary N) is 1. The van der Waals surface area contributed by atoms with E-state index in [1.165, 1.54) is 6.07 Å². The summed E-state index contributed by atoms with van der Waals surface area (Å²) < 4.78 is 15.6. The molecule has 3 heteroatoms. The van der Waals surface area contributed by atoms with Gasteiger partial charge in [-0.25, -0.2) is 4.39 Å². The van der Waals surface area contributed by atoms with Crippen molar-refractivity contribution in [1.82, 2.24) is 9.88 Å². The van der Waals surface area contributed by atoms with E-state index >= 15 is 0 Å². The third-order valence-corrected chi connectivity index (χ3v) is 3.01. The van der Waals surface area contributed by atoms with E-state index < -0.39 is 0 Å². The zero-order chi connectivity index (χ0) is 12.1. The molecule has 92 valence electrons. The van der Waals surface area contributed by atoms with Gasteiger partial charge in [-0.15, -0.1) is 0 Å². The molecule has 0 unspecified atom stereocenters. The third kappa shape index (κ3) is 2.86. The highest BCUT2D eigenvalue weighted by molar-refractivity contribution is 5.80. The molecule has 0 amide bonds. The first kappa shape index (κ1) is 12.1. The fraction of sp³-hybridized carbons (Fsp3) is 0.429. The molecular weight excluding hydrogens is 215 g/mol. The van der Waals surface area contributed by atoms with Gasteiger partial charge < -0.3 is 9.88 Å². The molecule has 0 radical (unpaired) electrons. The summed E-state index contributed by atoms with van der Waals surface area (Å²) >= 11 is 0. The van der Waals surface area contributed by atoms with E-state index in [1.807, 2.05) is 18.3 Å². The van der Waals surface area contributed by atoms with Crippen LogP contribution >= 0.6 is 0 Å². The van der Waals surface area contributed by atoms with E-state index in [4.69, 9.17) is 0 Å². The van der Waals surface area contributed by atoms with Crippen molar-refractivity contribution in [3.63, 3.8) is 0 Å². The molecule has 0 saturated carbocycles. The van der Waals surface area contributed by atoms with Crippen LogP contribution in [0.4, 0.5) is 4.39 Å². The average Bonchev–Trinajstić information content (AvgIpc) is 2.74. The van der Waals surface area contributed by atoms with Crippen molar-refractivity contribution in [2.45, 2.75) is 26.3 Å². The molecule has 17 heavy (non-hydrogen) atoms. The summed E-state index contributed by atoms with van der Waals surface area (Å²) in [6.07, 6.45) is 4.25. The van der Waals surface area contributed by atoms with Crippen molar-refractivity contribution >= 4 is 10.9 Å². The minimum Gasteiger partial charge on any atom is -0.347 e. The van der Waals surface area contributed by atoms with Crippen molar-refractivity contribution < 1.29 is 4.39 Å². The average molecular weight is 234 g/mol. The highest BCUT2D eigenvalue weighted by Gasteiger charge is 2.04. The Balaban J connectivity index is 1.97. The van der Waals surface area contributed by atoms with Crippen molar-refractivity contribution in [3.05, 3.63) is 36.3 Å². The van der Waals surface area contributed by atoms with Crippen molar-refractivity contribution in [2.24, 2.45) is 0 Å². The maximum Gasteiger partial charge on any atom is 0.132 e. The highest BCUT2D eigenvalue weighted by Crippen LogP contribution is 2.19. The normalized spacial score (nSPS) is 11.2. The van der Waals surface area contributed by atoms with Gasteiger partial charge in [0.15, 0.2) is 0 Å². The predicted octanol–water partition coefficient (Wildman–Crippen LogP) is 3.17. The lowest BCUT2D eigenvalue weighted by atomic mass is 10.2. The maximum absolute atomic E-state index is 13.5. The van der Waals surface area contributed by atoms with Crippen molar-refractivity contribution in [1.29, 1.82) is 0 Å². The van der Waals surface area contributed by atoms with Crippen LogP contribution in [0.5, 0.6) is 0 Å². The number of halogens is 1. The quantitative estimate of drug-likeness (QED) is 0.760. The standard InChI is InChI=1S/C14H19FN2/c1-2-16-9-3-4-10-17-11-8-12-13(15)6-5-7-14(12)17/h5-8,11,16H,2-4,9-10H2,1H3. The lowest BCUT2D eigenvalue weighted by Gasteiger charge is -2.05. The number of fused-ring (bicyclic) bond motifs is 1. The number of nitrogens with zero attached hydrogens (tertiary/aromatic N) is 1. The fourth-order valence-corrected chi connectivity index (χ4v) is 2.09. The molecule has 0 spiro atoms. The first-order chi connectivity index (χ1) is 8.33. The summed E-state index contributed by atoms with van der Waals surface area (Å²) in [6.45, 7) is 5.16. The summed E-state index contributed by atoms with van der Waals surface area (Å²) in [7, 11) is 0. The zero-order valence-corrected chi connectivity index (χ0v) is 10.2. The minimum atomic E-state index is -0.131. The largest absolute Gasteiger partial charge is 0.347 e. The van der Waals surface area contributed by atoms with Gasteiger partial charge in [0.25, 0.3) is 0 Å². The number of unbranched alkanes of at least 4 members (excludes halogenated alkanes) is 1. The Hall–Kier alpha value is -1.35. The monoisotopic (exact) mass is 234 g/mol. The summed E-state index contributed by atoms with van der Waals surface area (Å²) in [6, 6.07) is 7.11. The molecule has 0 bridgehead atoms. The van der Waals surface area contributed by atoms with Crippen LogP contribution in [0, 0.1) is 5.82 Å². The number of rotatable bonds is 6. The molecule has 0 fully saturated rings. The van der Waals surface area contributed by atoms with Gasteiger partial charge in [0.05, 0.1) is 5.52 Å². The molecule has 2 nitrogen and oxygen atoms in total. The molecule has 0 aliphatic rings. The van der Waals surface area contributed by atoms with Crippen molar-refractivity contribution in [2.75, 3.05) is 13.1 Å². The maximum atomic E-state index is 13.5. The topological polar surface area (TPSA) is 17.0 Å². The molecule has 1 heterocycles. The molecule has 0 aliphatic heterocycles. The first-order valence-electron chi connectivity index (χ1n) is 6.27. The Labute approximate surface area is 101 Å². The second kappa shape index (κ2) is 5.82. The van der Waals surface area contributed by atoms with E-state index in [0.29, 0.717) is 0 Å². The minimum absolute atomic E-state index is 0.131. The van der Waals surface area contributed by atoms with Crippen LogP contribution < -0.4 is 5.32 Å². The smallest absolute Gasteiger partial charge is 0.132 e. The summed E-state index contributed by atoms with van der Waals surface area (Å²) in [5, 5.41) is 4.03.